The summed E-state index contributed by atoms with van der Waals surface area (Å²) in [5.41, 5.74) is 0.701. The second kappa shape index (κ2) is 7.27. The number of amides is 2. The molecule has 1 unspecified atom stereocenters. The van der Waals surface area contributed by atoms with E-state index in [1.807, 2.05) is 0 Å². The SMILES string of the molecule is CC(NC(=O)N1CCC(NS(C)(=O)=O)CC1)c1cccc(F)c1. The van der Waals surface area contributed by atoms with Crippen LogP contribution >= 0.6 is 0 Å². The van der Waals surface area contributed by atoms with E-state index in [2.05, 4.69) is 10.0 Å². The van der Waals surface area contributed by atoms with Crippen LogP contribution in [0.2, 0.25) is 0 Å². The van der Waals surface area contributed by atoms with Crippen LogP contribution < -0.4 is 10.0 Å². The number of sulfonamides is 1. The number of carbonyl (C=O) groups excluding carboxylic acids is 1. The van der Waals surface area contributed by atoms with Crippen LogP contribution in [0, 0.1) is 5.82 Å². The number of hydrogen-bond acceptors (Lipinski definition) is 3. The number of urea groups is 1. The molecule has 0 aromatic heterocycles. The Labute approximate surface area is 136 Å². The highest BCUT2D eigenvalue weighted by Gasteiger charge is 2.25. The van der Waals surface area contributed by atoms with Crippen molar-refractivity contribution in [3.05, 3.63) is 35.6 Å². The van der Waals surface area contributed by atoms with Crippen LogP contribution in [0.4, 0.5) is 9.18 Å². The fourth-order valence-corrected chi connectivity index (χ4v) is 3.48. The third-order valence-corrected chi connectivity index (χ3v) is 4.61. The number of likely N-dealkylation sites (tertiary alicyclic amines) is 1. The molecule has 128 valence electrons. The van der Waals surface area contributed by atoms with Crippen LogP contribution in [0.25, 0.3) is 0 Å². The molecule has 1 aliphatic rings. The van der Waals surface area contributed by atoms with Gasteiger partial charge in [-0.25, -0.2) is 22.3 Å². The van der Waals surface area contributed by atoms with E-state index in [4.69, 9.17) is 0 Å². The summed E-state index contributed by atoms with van der Waals surface area (Å²) in [6.07, 6.45) is 2.29. The Hall–Kier alpha value is -1.67. The third-order valence-electron chi connectivity index (χ3n) is 3.85. The number of nitrogens with one attached hydrogen (secondary N) is 2. The van der Waals surface area contributed by atoms with E-state index in [1.165, 1.54) is 12.1 Å². The molecule has 1 fully saturated rings. The van der Waals surface area contributed by atoms with Crippen molar-refractivity contribution in [3.8, 4) is 0 Å². The molecule has 0 bridgehead atoms. The largest absolute Gasteiger partial charge is 0.331 e. The fourth-order valence-electron chi connectivity index (χ4n) is 2.64. The van der Waals surface area contributed by atoms with Crippen molar-refractivity contribution in [3.63, 3.8) is 0 Å². The van der Waals surface area contributed by atoms with Gasteiger partial charge in [-0.3, -0.25) is 0 Å². The Morgan fingerprint density at radius 3 is 2.57 bits per heavy atom. The Bertz CT molecular complexity index is 658. The van der Waals surface area contributed by atoms with E-state index in [9.17, 15) is 17.6 Å². The highest BCUT2D eigenvalue weighted by atomic mass is 32.2. The van der Waals surface area contributed by atoms with Gasteiger partial charge >= 0.3 is 6.03 Å². The van der Waals surface area contributed by atoms with Crippen molar-refractivity contribution in [1.29, 1.82) is 0 Å². The van der Waals surface area contributed by atoms with Gasteiger partial charge in [0, 0.05) is 19.1 Å². The van der Waals surface area contributed by atoms with Gasteiger partial charge in [-0.1, -0.05) is 12.1 Å². The molecule has 0 saturated carbocycles. The zero-order chi connectivity index (χ0) is 17.0. The third kappa shape index (κ3) is 5.47. The first-order valence-corrected chi connectivity index (χ1v) is 9.42. The summed E-state index contributed by atoms with van der Waals surface area (Å²) in [6, 6.07) is 5.47. The molecular formula is C15H22FN3O3S. The second-order valence-corrected chi connectivity index (χ2v) is 7.66. The first-order chi connectivity index (χ1) is 10.7. The monoisotopic (exact) mass is 343 g/mol. The molecule has 0 radical (unpaired) electrons. The molecule has 1 saturated heterocycles. The van der Waals surface area contributed by atoms with Gasteiger partial charge < -0.3 is 10.2 Å². The minimum atomic E-state index is -3.23. The summed E-state index contributed by atoms with van der Waals surface area (Å²) in [5.74, 6) is -0.337. The van der Waals surface area contributed by atoms with Gasteiger partial charge in [0.25, 0.3) is 0 Å². The Balaban J connectivity index is 1.85. The Morgan fingerprint density at radius 1 is 1.35 bits per heavy atom. The molecule has 1 aromatic rings. The minimum absolute atomic E-state index is 0.130. The Morgan fingerprint density at radius 2 is 2.00 bits per heavy atom. The lowest BCUT2D eigenvalue weighted by atomic mass is 10.1. The van der Waals surface area contributed by atoms with Crippen molar-refractivity contribution < 1.29 is 17.6 Å². The summed E-state index contributed by atoms with van der Waals surface area (Å²) in [6.45, 7) is 2.76. The van der Waals surface area contributed by atoms with Crippen LogP contribution in [-0.4, -0.2) is 44.7 Å². The Kier molecular flexibility index (Phi) is 5.59. The number of nitrogens with zero attached hydrogens (tertiary/aromatic N) is 1. The highest BCUT2D eigenvalue weighted by Crippen LogP contribution is 2.16. The predicted molar refractivity (Wildman–Crippen MR) is 85.9 cm³/mol. The topological polar surface area (TPSA) is 78.5 Å². The number of piperidine rings is 1. The fraction of sp³-hybridized carbons (Fsp3) is 0.533. The second-order valence-electron chi connectivity index (χ2n) is 5.88. The summed E-state index contributed by atoms with van der Waals surface area (Å²) in [5, 5.41) is 2.84. The molecule has 0 spiro atoms. The quantitative estimate of drug-likeness (QED) is 0.872. The lowest BCUT2D eigenvalue weighted by Crippen LogP contribution is -2.49. The van der Waals surface area contributed by atoms with E-state index in [1.54, 1.807) is 24.0 Å². The zero-order valence-electron chi connectivity index (χ0n) is 13.3. The van der Waals surface area contributed by atoms with Gasteiger partial charge in [0.15, 0.2) is 0 Å². The van der Waals surface area contributed by atoms with Crippen molar-refractivity contribution in [2.24, 2.45) is 0 Å². The summed E-state index contributed by atoms with van der Waals surface area (Å²) >= 11 is 0. The molecule has 0 aliphatic carbocycles. The van der Waals surface area contributed by atoms with Crippen molar-refractivity contribution in [2.45, 2.75) is 31.8 Å². The van der Waals surface area contributed by atoms with Crippen LogP contribution in [0.15, 0.2) is 24.3 Å². The average molecular weight is 343 g/mol. The van der Waals surface area contributed by atoms with Gasteiger partial charge in [-0.15, -0.1) is 0 Å². The van der Waals surface area contributed by atoms with E-state index < -0.39 is 10.0 Å². The van der Waals surface area contributed by atoms with Gasteiger partial charge in [0.1, 0.15) is 5.82 Å². The van der Waals surface area contributed by atoms with Crippen LogP contribution in [0.5, 0.6) is 0 Å². The van der Waals surface area contributed by atoms with E-state index >= 15 is 0 Å². The van der Waals surface area contributed by atoms with Crippen molar-refractivity contribution in [2.75, 3.05) is 19.3 Å². The van der Waals surface area contributed by atoms with Crippen LogP contribution in [0.3, 0.4) is 0 Å². The molecule has 1 atom stereocenters. The molecule has 8 heteroatoms. The van der Waals surface area contributed by atoms with Gasteiger partial charge in [0.2, 0.25) is 10.0 Å². The molecule has 1 heterocycles. The maximum absolute atomic E-state index is 13.2. The molecule has 6 nitrogen and oxygen atoms in total. The standard InChI is InChI=1S/C15H22FN3O3S/c1-11(12-4-3-5-13(16)10-12)17-15(20)19-8-6-14(7-9-19)18-23(2,21)22/h3-5,10-11,14,18H,6-9H2,1-2H3,(H,17,20). The first-order valence-electron chi connectivity index (χ1n) is 7.53. The summed E-state index contributed by atoms with van der Waals surface area (Å²) in [7, 11) is -3.23. The minimum Gasteiger partial charge on any atom is -0.331 e. The molecule has 2 N–H and O–H groups in total. The van der Waals surface area contributed by atoms with Gasteiger partial charge in [-0.05, 0) is 37.5 Å². The molecule has 2 amide bonds. The zero-order valence-corrected chi connectivity index (χ0v) is 14.1. The lowest BCUT2D eigenvalue weighted by Gasteiger charge is -2.32. The number of halogens is 1. The van der Waals surface area contributed by atoms with E-state index in [-0.39, 0.29) is 23.9 Å². The molecule has 1 aliphatic heterocycles. The number of rotatable bonds is 4. The van der Waals surface area contributed by atoms with Crippen molar-refractivity contribution in [1.82, 2.24) is 14.9 Å². The maximum Gasteiger partial charge on any atom is 0.317 e. The molecule has 1 aromatic carbocycles. The van der Waals surface area contributed by atoms with Crippen LogP contribution in [-0.2, 0) is 10.0 Å². The molecule has 23 heavy (non-hydrogen) atoms. The first kappa shape index (κ1) is 17.7. The number of benzene rings is 1. The number of carbonyl (C=O) groups is 1. The van der Waals surface area contributed by atoms with E-state index in [0.717, 1.165) is 6.26 Å². The van der Waals surface area contributed by atoms with Gasteiger partial charge in [0.05, 0.1) is 12.3 Å². The summed E-state index contributed by atoms with van der Waals surface area (Å²) < 4.78 is 38.2. The smallest absolute Gasteiger partial charge is 0.317 e. The number of hydrogen-bond donors (Lipinski definition) is 2. The molecular weight excluding hydrogens is 321 g/mol. The van der Waals surface area contributed by atoms with E-state index in [0.29, 0.717) is 31.5 Å². The predicted octanol–water partition coefficient (Wildman–Crippen LogP) is 1.61. The lowest BCUT2D eigenvalue weighted by molar-refractivity contribution is 0.177. The molecule has 2 rings (SSSR count). The normalized spacial score (nSPS) is 17.8. The average Bonchev–Trinajstić information content (AvgIpc) is 2.46. The summed E-state index contributed by atoms with van der Waals surface area (Å²) in [4.78, 5) is 13.9. The maximum atomic E-state index is 13.2. The van der Waals surface area contributed by atoms with Crippen LogP contribution in [0.1, 0.15) is 31.4 Å². The van der Waals surface area contributed by atoms with Gasteiger partial charge in [-0.2, -0.15) is 0 Å². The van der Waals surface area contributed by atoms with Crippen molar-refractivity contribution >= 4 is 16.1 Å². The highest BCUT2D eigenvalue weighted by molar-refractivity contribution is 7.88.